The third kappa shape index (κ3) is 4.28. The molecule has 0 aliphatic heterocycles. The summed E-state index contributed by atoms with van der Waals surface area (Å²) >= 11 is 0. The molecule has 0 saturated heterocycles. The maximum atomic E-state index is 13.6. The van der Waals surface area contributed by atoms with Crippen LogP contribution in [-0.4, -0.2) is 28.1 Å². The molecule has 2 aromatic heterocycles. The Morgan fingerprint density at radius 3 is 2.57 bits per heavy atom. The number of nitrogens with one attached hydrogen (secondary N) is 2. The van der Waals surface area contributed by atoms with Gasteiger partial charge in [0.25, 0.3) is 0 Å². The van der Waals surface area contributed by atoms with Crippen molar-refractivity contribution < 1.29 is 18.4 Å². The van der Waals surface area contributed by atoms with Crippen LogP contribution < -0.4 is 10.6 Å². The van der Waals surface area contributed by atoms with Crippen LogP contribution in [0.2, 0.25) is 0 Å². The maximum Gasteiger partial charge on any atom is 0.313 e. The first-order chi connectivity index (χ1) is 13.3. The minimum atomic E-state index is -0.880. The van der Waals surface area contributed by atoms with E-state index in [4.69, 9.17) is 4.42 Å². The summed E-state index contributed by atoms with van der Waals surface area (Å²) in [6, 6.07) is 9.26. The van der Waals surface area contributed by atoms with Crippen molar-refractivity contribution in [3.63, 3.8) is 0 Å². The van der Waals surface area contributed by atoms with Gasteiger partial charge >= 0.3 is 11.8 Å². The van der Waals surface area contributed by atoms with E-state index in [1.165, 1.54) is 24.5 Å². The Balaban J connectivity index is 1.68. The molecule has 28 heavy (non-hydrogen) atoms. The van der Waals surface area contributed by atoms with Crippen LogP contribution in [0.5, 0.6) is 0 Å². The van der Waals surface area contributed by atoms with Gasteiger partial charge in [-0.2, -0.15) is 5.10 Å². The molecular weight excluding hydrogens is 363 g/mol. The molecule has 2 amide bonds. The molecule has 0 radical (unpaired) electrons. The van der Waals surface area contributed by atoms with E-state index >= 15 is 0 Å². The van der Waals surface area contributed by atoms with Gasteiger partial charge in [0.1, 0.15) is 17.6 Å². The van der Waals surface area contributed by atoms with Crippen molar-refractivity contribution in [3.8, 4) is 0 Å². The van der Waals surface area contributed by atoms with Crippen LogP contribution in [-0.2, 0) is 9.59 Å². The van der Waals surface area contributed by atoms with Crippen molar-refractivity contribution >= 4 is 17.5 Å². The van der Waals surface area contributed by atoms with Gasteiger partial charge in [-0.1, -0.05) is 6.07 Å². The molecule has 0 fully saturated rings. The van der Waals surface area contributed by atoms with E-state index in [-0.39, 0.29) is 12.2 Å². The lowest BCUT2D eigenvalue weighted by atomic mass is 10.2. The van der Waals surface area contributed by atoms with E-state index < -0.39 is 23.7 Å². The summed E-state index contributed by atoms with van der Waals surface area (Å²) < 4.78 is 20.8. The lowest BCUT2D eigenvalue weighted by Crippen LogP contribution is -2.39. The number of furan rings is 1. The smallest absolute Gasteiger partial charge is 0.313 e. The van der Waals surface area contributed by atoms with Crippen molar-refractivity contribution in [2.75, 3.05) is 11.9 Å². The van der Waals surface area contributed by atoms with Crippen molar-refractivity contribution in [3.05, 3.63) is 71.2 Å². The Morgan fingerprint density at radius 2 is 1.96 bits per heavy atom. The zero-order valence-electron chi connectivity index (χ0n) is 15.8. The molecule has 2 N–H and O–H groups in total. The highest BCUT2D eigenvalue weighted by Crippen LogP contribution is 2.20. The fraction of sp³-hybridized carbons (Fsp3) is 0.250. The molecule has 7 nitrogen and oxygen atoms in total. The van der Waals surface area contributed by atoms with E-state index in [1.807, 2.05) is 19.9 Å². The van der Waals surface area contributed by atoms with Crippen molar-refractivity contribution in [1.82, 2.24) is 15.1 Å². The molecule has 8 heteroatoms. The predicted octanol–water partition coefficient (Wildman–Crippen LogP) is 2.88. The number of halogens is 1. The van der Waals surface area contributed by atoms with Crippen LogP contribution in [0.15, 0.2) is 47.1 Å². The van der Waals surface area contributed by atoms with Gasteiger partial charge in [0, 0.05) is 17.9 Å². The van der Waals surface area contributed by atoms with Crippen LogP contribution >= 0.6 is 0 Å². The van der Waals surface area contributed by atoms with Gasteiger partial charge in [-0.05, 0) is 56.7 Å². The second-order valence-electron chi connectivity index (χ2n) is 6.53. The van der Waals surface area contributed by atoms with Crippen LogP contribution in [0.1, 0.15) is 28.8 Å². The molecule has 3 aromatic rings. The highest BCUT2D eigenvalue weighted by atomic mass is 19.1. The first-order valence-corrected chi connectivity index (χ1v) is 8.76. The fourth-order valence-electron chi connectivity index (χ4n) is 2.88. The number of amides is 2. The summed E-state index contributed by atoms with van der Waals surface area (Å²) in [5.74, 6) is -1.57. The minimum Gasteiger partial charge on any atom is -0.467 e. The Kier molecular flexibility index (Phi) is 5.58. The number of hydrogen-bond acceptors (Lipinski definition) is 4. The third-order valence-corrected chi connectivity index (χ3v) is 4.30. The van der Waals surface area contributed by atoms with Gasteiger partial charge in [-0.25, -0.2) is 4.39 Å². The molecule has 1 atom stereocenters. The van der Waals surface area contributed by atoms with Crippen LogP contribution in [0, 0.1) is 26.6 Å². The average molecular weight is 384 g/mol. The molecule has 0 aliphatic carbocycles. The molecule has 0 saturated carbocycles. The SMILES string of the molecule is Cc1cc(C)n(C(CNC(=O)C(=O)Nc2ccc(C)c(F)c2)c2ccco2)n1. The highest BCUT2D eigenvalue weighted by Gasteiger charge is 2.22. The Bertz CT molecular complexity index is 995. The number of benzene rings is 1. The van der Waals surface area contributed by atoms with Gasteiger partial charge in [0.2, 0.25) is 0 Å². The van der Waals surface area contributed by atoms with Gasteiger partial charge < -0.3 is 15.1 Å². The lowest BCUT2D eigenvalue weighted by Gasteiger charge is -2.18. The lowest BCUT2D eigenvalue weighted by molar-refractivity contribution is -0.136. The van der Waals surface area contributed by atoms with Gasteiger partial charge in [-0.3, -0.25) is 14.3 Å². The van der Waals surface area contributed by atoms with E-state index in [1.54, 1.807) is 23.7 Å². The molecule has 0 aliphatic rings. The highest BCUT2D eigenvalue weighted by molar-refractivity contribution is 6.39. The molecule has 1 unspecified atom stereocenters. The zero-order valence-corrected chi connectivity index (χ0v) is 15.8. The summed E-state index contributed by atoms with van der Waals surface area (Å²) in [7, 11) is 0. The summed E-state index contributed by atoms with van der Waals surface area (Å²) in [4.78, 5) is 24.3. The van der Waals surface area contributed by atoms with Gasteiger partial charge in [0.15, 0.2) is 0 Å². The molecule has 0 spiro atoms. The first kappa shape index (κ1) is 19.3. The molecule has 3 rings (SSSR count). The Morgan fingerprint density at radius 1 is 1.18 bits per heavy atom. The summed E-state index contributed by atoms with van der Waals surface area (Å²) in [5, 5.41) is 9.41. The minimum absolute atomic E-state index is 0.101. The van der Waals surface area contributed by atoms with Gasteiger partial charge in [0.05, 0.1) is 12.0 Å². The number of rotatable bonds is 5. The van der Waals surface area contributed by atoms with E-state index in [2.05, 4.69) is 15.7 Å². The van der Waals surface area contributed by atoms with E-state index in [9.17, 15) is 14.0 Å². The van der Waals surface area contributed by atoms with Crippen molar-refractivity contribution in [1.29, 1.82) is 0 Å². The number of hydrogen-bond donors (Lipinski definition) is 2. The van der Waals surface area contributed by atoms with E-state index in [0.717, 1.165) is 11.4 Å². The average Bonchev–Trinajstić information content (AvgIpc) is 3.28. The summed E-state index contributed by atoms with van der Waals surface area (Å²) in [6.45, 7) is 5.48. The van der Waals surface area contributed by atoms with Crippen LogP contribution in [0.25, 0.3) is 0 Å². The molecule has 2 heterocycles. The van der Waals surface area contributed by atoms with Crippen LogP contribution in [0.4, 0.5) is 10.1 Å². The molecule has 1 aromatic carbocycles. The number of nitrogens with zero attached hydrogens (tertiary/aromatic N) is 2. The molecule has 146 valence electrons. The largest absolute Gasteiger partial charge is 0.467 e. The number of aromatic nitrogens is 2. The topological polar surface area (TPSA) is 89.2 Å². The quantitative estimate of drug-likeness (QED) is 0.662. The number of carbonyl (C=O) groups is 2. The Hall–Kier alpha value is -3.42. The van der Waals surface area contributed by atoms with Crippen molar-refractivity contribution in [2.45, 2.75) is 26.8 Å². The zero-order chi connectivity index (χ0) is 20.3. The maximum absolute atomic E-state index is 13.6. The fourth-order valence-corrected chi connectivity index (χ4v) is 2.88. The number of carbonyl (C=O) groups excluding carboxylic acids is 2. The van der Waals surface area contributed by atoms with E-state index in [0.29, 0.717) is 11.3 Å². The summed E-state index contributed by atoms with van der Waals surface area (Å²) in [5.41, 5.74) is 2.39. The predicted molar refractivity (Wildman–Crippen MR) is 101 cm³/mol. The first-order valence-electron chi connectivity index (χ1n) is 8.76. The van der Waals surface area contributed by atoms with Crippen LogP contribution in [0.3, 0.4) is 0 Å². The molecule has 0 bridgehead atoms. The molecular formula is C20H21FN4O3. The van der Waals surface area contributed by atoms with Crippen molar-refractivity contribution in [2.24, 2.45) is 0 Å². The second kappa shape index (κ2) is 8.08. The normalized spacial score (nSPS) is 11.9. The Labute approximate surface area is 161 Å². The standard InChI is InChI=1S/C20H21FN4O3/c1-12-6-7-15(10-16(12)21)23-20(27)19(26)22-11-17(18-5-4-8-28-18)25-14(3)9-13(2)24-25/h4-10,17H,11H2,1-3H3,(H,22,26)(H,23,27). The third-order valence-electron chi connectivity index (χ3n) is 4.30. The number of aryl methyl sites for hydroxylation is 3. The monoisotopic (exact) mass is 384 g/mol. The summed E-state index contributed by atoms with van der Waals surface area (Å²) in [6.07, 6.45) is 1.54. The second-order valence-corrected chi connectivity index (χ2v) is 6.53. The number of anilines is 1. The van der Waals surface area contributed by atoms with Gasteiger partial charge in [-0.15, -0.1) is 0 Å².